The molecule has 1 heterocycles. The SMILES string of the molecule is CCCCOc1cccc(CNC(=NC)NC2CCN(CC(F)(F)F)C2)c1.I. The molecule has 0 amide bonds. The Hall–Kier alpha value is -1.23. The predicted octanol–water partition coefficient (Wildman–Crippen LogP) is 3.79. The average Bonchev–Trinajstić information content (AvgIpc) is 3.04. The number of hydrogen-bond donors (Lipinski definition) is 2. The van der Waals surface area contributed by atoms with Crippen LogP contribution in [-0.4, -0.2) is 56.4 Å². The molecule has 1 saturated heterocycles. The zero-order chi connectivity index (χ0) is 19.7. The Morgan fingerprint density at radius 2 is 2.14 bits per heavy atom. The Kier molecular flexibility index (Phi) is 10.9. The van der Waals surface area contributed by atoms with Crippen molar-refractivity contribution in [2.24, 2.45) is 4.99 Å². The Bertz CT molecular complexity index is 613. The van der Waals surface area contributed by atoms with Gasteiger partial charge in [0, 0.05) is 32.7 Å². The molecule has 1 aliphatic heterocycles. The summed E-state index contributed by atoms with van der Waals surface area (Å²) in [5.41, 5.74) is 1.05. The molecular formula is C19H30F3IN4O. The highest BCUT2D eigenvalue weighted by Gasteiger charge is 2.34. The number of guanidine groups is 1. The molecule has 2 N–H and O–H groups in total. The molecular weight excluding hydrogens is 484 g/mol. The third-order valence-electron chi connectivity index (χ3n) is 4.36. The number of nitrogens with zero attached hydrogens (tertiary/aromatic N) is 2. The van der Waals surface area contributed by atoms with Crippen molar-refractivity contribution in [3.05, 3.63) is 29.8 Å². The molecule has 1 aromatic carbocycles. The molecule has 1 atom stereocenters. The number of hydrogen-bond acceptors (Lipinski definition) is 3. The van der Waals surface area contributed by atoms with Crippen molar-refractivity contribution in [1.82, 2.24) is 15.5 Å². The van der Waals surface area contributed by atoms with Crippen LogP contribution in [0.2, 0.25) is 0 Å². The lowest BCUT2D eigenvalue weighted by Gasteiger charge is -2.20. The average molecular weight is 514 g/mol. The number of likely N-dealkylation sites (tertiary alicyclic amines) is 1. The third-order valence-corrected chi connectivity index (χ3v) is 4.36. The van der Waals surface area contributed by atoms with E-state index in [1.165, 1.54) is 4.90 Å². The van der Waals surface area contributed by atoms with E-state index >= 15 is 0 Å². The van der Waals surface area contributed by atoms with Gasteiger partial charge in [0.15, 0.2) is 5.96 Å². The Balaban J connectivity index is 0.00000392. The summed E-state index contributed by atoms with van der Waals surface area (Å²) in [6, 6.07) is 7.81. The number of nitrogens with one attached hydrogen (secondary N) is 2. The first-order valence-electron chi connectivity index (χ1n) is 9.37. The second-order valence-corrected chi connectivity index (χ2v) is 6.76. The van der Waals surface area contributed by atoms with Crippen LogP contribution in [0.1, 0.15) is 31.7 Å². The summed E-state index contributed by atoms with van der Waals surface area (Å²) in [7, 11) is 1.65. The minimum Gasteiger partial charge on any atom is -0.494 e. The smallest absolute Gasteiger partial charge is 0.401 e. The molecule has 0 bridgehead atoms. The number of halogens is 4. The summed E-state index contributed by atoms with van der Waals surface area (Å²) < 4.78 is 43.2. The first kappa shape index (κ1) is 24.8. The van der Waals surface area contributed by atoms with Crippen molar-refractivity contribution in [3.63, 3.8) is 0 Å². The van der Waals surface area contributed by atoms with Crippen LogP contribution in [0.4, 0.5) is 13.2 Å². The predicted molar refractivity (Wildman–Crippen MR) is 116 cm³/mol. The molecule has 1 unspecified atom stereocenters. The molecule has 1 aliphatic rings. The van der Waals surface area contributed by atoms with Crippen molar-refractivity contribution in [2.75, 3.05) is 33.3 Å². The highest BCUT2D eigenvalue weighted by molar-refractivity contribution is 14.0. The fourth-order valence-electron chi connectivity index (χ4n) is 3.00. The monoisotopic (exact) mass is 514 g/mol. The first-order chi connectivity index (χ1) is 12.9. The lowest BCUT2D eigenvalue weighted by Crippen LogP contribution is -2.44. The second kappa shape index (κ2) is 12.4. The fourth-order valence-corrected chi connectivity index (χ4v) is 3.00. The van der Waals surface area contributed by atoms with Crippen LogP contribution in [0.25, 0.3) is 0 Å². The van der Waals surface area contributed by atoms with Gasteiger partial charge in [0.05, 0.1) is 13.2 Å². The third kappa shape index (κ3) is 9.31. The number of unbranched alkanes of at least 4 members (excludes halogenated alkanes) is 1. The van der Waals surface area contributed by atoms with Gasteiger partial charge < -0.3 is 15.4 Å². The van der Waals surface area contributed by atoms with E-state index in [1.54, 1.807) is 7.05 Å². The normalized spacial score (nSPS) is 17.9. The highest BCUT2D eigenvalue weighted by atomic mass is 127. The minimum absolute atomic E-state index is 0. The molecule has 28 heavy (non-hydrogen) atoms. The van der Waals surface area contributed by atoms with Crippen LogP contribution >= 0.6 is 24.0 Å². The molecule has 0 saturated carbocycles. The van der Waals surface area contributed by atoms with Crippen LogP contribution in [0.5, 0.6) is 5.75 Å². The van der Waals surface area contributed by atoms with E-state index in [9.17, 15) is 13.2 Å². The van der Waals surface area contributed by atoms with Gasteiger partial charge in [-0.2, -0.15) is 13.2 Å². The molecule has 1 aromatic rings. The minimum atomic E-state index is -4.15. The van der Waals surface area contributed by atoms with E-state index in [0.717, 1.165) is 24.2 Å². The lowest BCUT2D eigenvalue weighted by molar-refractivity contribution is -0.143. The fraction of sp³-hybridized carbons (Fsp3) is 0.632. The molecule has 160 valence electrons. The quantitative estimate of drug-likeness (QED) is 0.240. The van der Waals surface area contributed by atoms with Gasteiger partial charge in [-0.1, -0.05) is 25.5 Å². The van der Waals surface area contributed by atoms with E-state index in [4.69, 9.17) is 4.74 Å². The summed E-state index contributed by atoms with van der Waals surface area (Å²) >= 11 is 0. The largest absolute Gasteiger partial charge is 0.494 e. The van der Waals surface area contributed by atoms with Gasteiger partial charge in [-0.15, -0.1) is 24.0 Å². The van der Waals surface area contributed by atoms with E-state index in [2.05, 4.69) is 22.5 Å². The van der Waals surface area contributed by atoms with Crippen LogP contribution in [-0.2, 0) is 6.54 Å². The van der Waals surface area contributed by atoms with Crippen LogP contribution < -0.4 is 15.4 Å². The number of ether oxygens (including phenoxy) is 1. The van der Waals surface area contributed by atoms with Crippen LogP contribution in [0.3, 0.4) is 0 Å². The summed E-state index contributed by atoms with van der Waals surface area (Å²) in [4.78, 5) is 5.59. The zero-order valence-corrected chi connectivity index (χ0v) is 18.7. The topological polar surface area (TPSA) is 48.9 Å². The van der Waals surface area contributed by atoms with Crippen molar-refractivity contribution >= 4 is 29.9 Å². The first-order valence-corrected chi connectivity index (χ1v) is 9.37. The number of alkyl halides is 3. The number of aliphatic imine (C=N–C) groups is 1. The van der Waals surface area contributed by atoms with Gasteiger partial charge in [0.1, 0.15) is 5.75 Å². The summed E-state index contributed by atoms with van der Waals surface area (Å²) in [5.74, 6) is 1.43. The summed E-state index contributed by atoms with van der Waals surface area (Å²) in [5, 5.41) is 6.42. The summed E-state index contributed by atoms with van der Waals surface area (Å²) in [6.07, 6.45) is -1.38. The van der Waals surface area contributed by atoms with E-state index in [1.807, 2.05) is 24.3 Å². The molecule has 0 spiro atoms. The van der Waals surface area contributed by atoms with Crippen molar-refractivity contribution < 1.29 is 17.9 Å². The van der Waals surface area contributed by atoms with Crippen LogP contribution in [0, 0.1) is 0 Å². The van der Waals surface area contributed by atoms with E-state index in [-0.39, 0.29) is 30.0 Å². The van der Waals surface area contributed by atoms with Gasteiger partial charge in [0.2, 0.25) is 0 Å². The van der Waals surface area contributed by atoms with Gasteiger partial charge in [-0.25, -0.2) is 0 Å². The van der Waals surface area contributed by atoms with Gasteiger partial charge >= 0.3 is 6.18 Å². The highest BCUT2D eigenvalue weighted by Crippen LogP contribution is 2.20. The molecule has 5 nitrogen and oxygen atoms in total. The standard InChI is InChI=1S/C19H29F3N4O.HI/c1-3-4-10-27-17-7-5-6-15(11-17)12-24-18(23-2)25-16-8-9-26(13-16)14-19(20,21)22;/h5-7,11,16H,3-4,8-10,12-14H2,1-2H3,(H2,23,24,25);1H. The molecule has 0 aliphatic carbocycles. The van der Waals surface area contributed by atoms with Crippen molar-refractivity contribution in [2.45, 2.75) is 44.9 Å². The maximum absolute atomic E-state index is 12.5. The maximum Gasteiger partial charge on any atom is 0.401 e. The van der Waals surface area contributed by atoms with E-state index < -0.39 is 12.7 Å². The van der Waals surface area contributed by atoms with Crippen molar-refractivity contribution in [3.8, 4) is 5.75 Å². The summed E-state index contributed by atoms with van der Waals surface area (Å²) in [6.45, 7) is 3.32. The molecule has 0 radical (unpaired) electrons. The maximum atomic E-state index is 12.5. The Labute approximate surface area is 182 Å². The van der Waals surface area contributed by atoms with Crippen LogP contribution in [0.15, 0.2) is 29.3 Å². The Morgan fingerprint density at radius 3 is 2.82 bits per heavy atom. The van der Waals surface area contributed by atoms with Gasteiger partial charge in [-0.05, 0) is 30.5 Å². The molecule has 0 aromatic heterocycles. The lowest BCUT2D eigenvalue weighted by atomic mass is 10.2. The zero-order valence-electron chi connectivity index (χ0n) is 16.4. The molecule has 9 heteroatoms. The van der Waals surface area contributed by atoms with Gasteiger partial charge in [-0.3, -0.25) is 9.89 Å². The second-order valence-electron chi connectivity index (χ2n) is 6.76. The van der Waals surface area contributed by atoms with E-state index in [0.29, 0.717) is 38.6 Å². The van der Waals surface area contributed by atoms with Gasteiger partial charge in [0.25, 0.3) is 0 Å². The molecule has 1 fully saturated rings. The number of benzene rings is 1. The number of rotatable bonds is 8. The van der Waals surface area contributed by atoms with Crippen molar-refractivity contribution in [1.29, 1.82) is 0 Å². The Morgan fingerprint density at radius 1 is 1.36 bits per heavy atom. The molecule has 2 rings (SSSR count).